The maximum Gasteiger partial charge on any atom is 0.158 e. The molecule has 0 aromatic carbocycles. The van der Waals surface area contributed by atoms with Crippen LogP contribution in [0.25, 0.3) is 0 Å². The normalized spacial score (nSPS) is 37.1. The van der Waals surface area contributed by atoms with Gasteiger partial charge in [0, 0.05) is 0 Å². The number of carbonyl (C=O) groups is 1. The fourth-order valence-corrected chi connectivity index (χ4v) is 1.30. The molecule has 1 unspecified atom stereocenters. The Balaban J connectivity index is 2.59. The molecule has 1 aliphatic heterocycles. The lowest BCUT2D eigenvalue weighted by molar-refractivity contribution is -0.129. The smallest absolute Gasteiger partial charge is 0.158 e. The highest BCUT2D eigenvalue weighted by Crippen LogP contribution is 2.30. The number of Topliss-reactive ketones (excluding diaryl/α,β-unsaturated/α-hetero) is 1. The monoisotopic (exact) mass is 154 g/mol. The molecule has 1 heterocycles. The van der Waals surface area contributed by atoms with Crippen molar-refractivity contribution in [2.24, 2.45) is 0 Å². The van der Waals surface area contributed by atoms with Gasteiger partial charge in [0.25, 0.3) is 0 Å². The van der Waals surface area contributed by atoms with E-state index in [4.69, 9.17) is 4.74 Å². The summed E-state index contributed by atoms with van der Waals surface area (Å²) in [5.74, 6) is 0.121. The van der Waals surface area contributed by atoms with Gasteiger partial charge >= 0.3 is 0 Å². The molecule has 1 fully saturated rings. The van der Waals surface area contributed by atoms with Gasteiger partial charge in [0.2, 0.25) is 0 Å². The molecular weight excluding hydrogens is 140 g/mol. The Morgan fingerprint density at radius 1 is 1.82 bits per heavy atom. The number of rotatable bonds is 2. The van der Waals surface area contributed by atoms with Crippen molar-refractivity contribution in [3.05, 3.63) is 12.7 Å². The Morgan fingerprint density at radius 3 is 2.73 bits per heavy atom. The molecule has 0 aromatic rings. The number of carbonyl (C=O) groups excluding carboxylic acids is 1. The molecule has 1 rings (SSSR count). The van der Waals surface area contributed by atoms with E-state index in [0.717, 1.165) is 12.8 Å². The molecule has 0 aromatic heterocycles. The van der Waals surface area contributed by atoms with Crippen molar-refractivity contribution in [1.82, 2.24) is 0 Å². The molecule has 0 aliphatic carbocycles. The summed E-state index contributed by atoms with van der Waals surface area (Å²) >= 11 is 0. The maximum absolute atomic E-state index is 10.9. The molecule has 0 N–H and O–H groups in total. The molecule has 62 valence electrons. The van der Waals surface area contributed by atoms with Crippen molar-refractivity contribution in [2.75, 3.05) is 0 Å². The van der Waals surface area contributed by atoms with Gasteiger partial charge in [-0.3, -0.25) is 4.79 Å². The Kier molecular flexibility index (Phi) is 2.14. The van der Waals surface area contributed by atoms with Crippen LogP contribution in [-0.4, -0.2) is 17.5 Å². The maximum atomic E-state index is 10.9. The van der Waals surface area contributed by atoms with Gasteiger partial charge in [-0.25, -0.2) is 0 Å². The van der Waals surface area contributed by atoms with Crippen LogP contribution in [0.2, 0.25) is 0 Å². The van der Waals surface area contributed by atoms with Crippen molar-refractivity contribution >= 4 is 5.78 Å². The first-order chi connectivity index (χ1) is 5.07. The molecule has 11 heavy (non-hydrogen) atoms. The molecule has 1 saturated heterocycles. The van der Waals surface area contributed by atoms with E-state index in [1.165, 1.54) is 0 Å². The summed E-state index contributed by atoms with van der Waals surface area (Å²) in [6.45, 7) is 7.20. The fourth-order valence-electron chi connectivity index (χ4n) is 1.30. The SMILES string of the molecule is C=C[C@@]1(C)CCC(C(C)=O)O1. The van der Waals surface area contributed by atoms with E-state index >= 15 is 0 Å². The molecule has 1 aliphatic rings. The summed E-state index contributed by atoms with van der Waals surface area (Å²) < 4.78 is 5.49. The van der Waals surface area contributed by atoms with Gasteiger partial charge in [-0.15, -0.1) is 6.58 Å². The third-order valence-electron chi connectivity index (χ3n) is 2.20. The topological polar surface area (TPSA) is 26.3 Å². The second kappa shape index (κ2) is 2.78. The van der Waals surface area contributed by atoms with Crippen LogP contribution in [-0.2, 0) is 9.53 Å². The molecule has 0 spiro atoms. The molecule has 2 atom stereocenters. The largest absolute Gasteiger partial charge is 0.360 e. The van der Waals surface area contributed by atoms with Crippen LogP contribution in [0.5, 0.6) is 0 Å². The second-order valence-electron chi connectivity index (χ2n) is 3.27. The van der Waals surface area contributed by atoms with Crippen LogP contribution in [0, 0.1) is 0 Å². The zero-order valence-corrected chi connectivity index (χ0v) is 7.09. The molecular formula is C9H14O2. The van der Waals surface area contributed by atoms with Crippen LogP contribution in [0.1, 0.15) is 26.7 Å². The third-order valence-corrected chi connectivity index (χ3v) is 2.20. The molecule has 2 heteroatoms. The highest BCUT2D eigenvalue weighted by Gasteiger charge is 2.35. The lowest BCUT2D eigenvalue weighted by atomic mass is 10.0. The van der Waals surface area contributed by atoms with Gasteiger partial charge in [-0.2, -0.15) is 0 Å². The van der Waals surface area contributed by atoms with Crippen molar-refractivity contribution in [1.29, 1.82) is 0 Å². The first-order valence-corrected chi connectivity index (χ1v) is 3.89. The van der Waals surface area contributed by atoms with E-state index in [0.29, 0.717) is 0 Å². The van der Waals surface area contributed by atoms with Crippen LogP contribution < -0.4 is 0 Å². The van der Waals surface area contributed by atoms with Crippen molar-refractivity contribution < 1.29 is 9.53 Å². The van der Waals surface area contributed by atoms with Crippen molar-refractivity contribution in [2.45, 2.75) is 38.4 Å². The van der Waals surface area contributed by atoms with Crippen LogP contribution in [0.3, 0.4) is 0 Å². The summed E-state index contributed by atoms with van der Waals surface area (Å²) in [5, 5.41) is 0. The highest BCUT2D eigenvalue weighted by atomic mass is 16.5. The minimum Gasteiger partial charge on any atom is -0.360 e. The second-order valence-corrected chi connectivity index (χ2v) is 3.27. The Bertz CT molecular complexity index is 186. The minimum atomic E-state index is -0.268. The average molecular weight is 154 g/mol. The number of ether oxygens (including phenoxy) is 1. The summed E-state index contributed by atoms with van der Waals surface area (Å²) in [4.78, 5) is 10.9. The zero-order chi connectivity index (χ0) is 8.48. The molecule has 0 saturated carbocycles. The van der Waals surface area contributed by atoms with E-state index < -0.39 is 0 Å². The quantitative estimate of drug-likeness (QED) is 0.566. The third kappa shape index (κ3) is 1.69. The molecule has 0 bridgehead atoms. The van der Waals surface area contributed by atoms with Crippen LogP contribution in [0.4, 0.5) is 0 Å². The Hall–Kier alpha value is -0.630. The molecule has 0 amide bonds. The van der Waals surface area contributed by atoms with Gasteiger partial charge in [0.15, 0.2) is 5.78 Å². The summed E-state index contributed by atoms with van der Waals surface area (Å²) in [5.41, 5.74) is -0.268. The van der Waals surface area contributed by atoms with Crippen LogP contribution in [0.15, 0.2) is 12.7 Å². The predicted molar refractivity (Wildman–Crippen MR) is 43.4 cm³/mol. The lowest BCUT2D eigenvalue weighted by Gasteiger charge is -2.18. The molecule has 0 radical (unpaired) electrons. The summed E-state index contributed by atoms with van der Waals surface area (Å²) in [6.07, 6.45) is 3.31. The van der Waals surface area contributed by atoms with Crippen molar-refractivity contribution in [3.8, 4) is 0 Å². The number of hydrogen-bond acceptors (Lipinski definition) is 2. The van der Waals surface area contributed by atoms with Crippen LogP contribution >= 0.6 is 0 Å². The zero-order valence-electron chi connectivity index (χ0n) is 7.09. The standard InChI is InChI=1S/C9H14O2/c1-4-9(3)6-5-8(11-9)7(2)10/h4,8H,1,5-6H2,2-3H3/t8?,9-/m0/s1. The average Bonchev–Trinajstić information content (AvgIpc) is 2.33. The fraction of sp³-hybridized carbons (Fsp3) is 0.667. The highest BCUT2D eigenvalue weighted by molar-refractivity contribution is 5.80. The van der Waals surface area contributed by atoms with E-state index in [1.807, 2.05) is 6.92 Å². The summed E-state index contributed by atoms with van der Waals surface area (Å²) in [6, 6.07) is 0. The molecule has 2 nitrogen and oxygen atoms in total. The lowest BCUT2D eigenvalue weighted by Crippen LogP contribution is -2.24. The minimum absolute atomic E-state index is 0.121. The van der Waals surface area contributed by atoms with E-state index in [9.17, 15) is 4.79 Å². The number of ketones is 1. The van der Waals surface area contributed by atoms with Gasteiger partial charge < -0.3 is 4.74 Å². The van der Waals surface area contributed by atoms with Gasteiger partial charge in [0.1, 0.15) is 6.10 Å². The van der Waals surface area contributed by atoms with Gasteiger partial charge in [-0.1, -0.05) is 6.08 Å². The first-order valence-electron chi connectivity index (χ1n) is 3.89. The predicted octanol–water partition coefficient (Wildman–Crippen LogP) is 1.70. The summed E-state index contributed by atoms with van der Waals surface area (Å²) in [7, 11) is 0. The van der Waals surface area contributed by atoms with Crippen molar-refractivity contribution in [3.63, 3.8) is 0 Å². The van der Waals surface area contributed by atoms with Gasteiger partial charge in [-0.05, 0) is 26.7 Å². The van der Waals surface area contributed by atoms with E-state index in [-0.39, 0.29) is 17.5 Å². The van der Waals surface area contributed by atoms with E-state index in [2.05, 4.69) is 6.58 Å². The van der Waals surface area contributed by atoms with E-state index in [1.54, 1.807) is 13.0 Å². The Labute approximate surface area is 67.2 Å². The first kappa shape index (κ1) is 8.47. The van der Waals surface area contributed by atoms with Gasteiger partial charge in [0.05, 0.1) is 5.60 Å². The number of hydrogen-bond donors (Lipinski definition) is 0. The Morgan fingerprint density at radius 2 is 2.45 bits per heavy atom.